The van der Waals surface area contributed by atoms with Gasteiger partial charge >= 0.3 is 11.9 Å². The van der Waals surface area contributed by atoms with E-state index in [0.29, 0.717) is 26.7 Å². The molecule has 0 aliphatic heterocycles. The summed E-state index contributed by atoms with van der Waals surface area (Å²) in [4.78, 5) is 24.7. The van der Waals surface area contributed by atoms with Crippen LogP contribution >= 0.6 is 23.2 Å². The van der Waals surface area contributed by atoms with Gasteiger partial charge in [0.15, 0.2) is 0 Å². The lowest BCUT2D eigenvalue weighted by Gasteiger charge is -2.39. The Morgan fingerprint density at radius 3 is 2.18 bits per heavy atom. The summed E-state index contributed by atoms with van der Waals surface area (Å²) in [6, 6.07) is 13.7. The summed E-state index contributed by atoms with van der Waals surface area (Å²) in [5.74, 6) is -3.29. The van der Waals surface area contributed by atoms with Crippen LogP contribution in [0.2, 0.25) is 10.0 Å². The molecule has 0 radical (unpaired) electrons. The standard InChI is InChI=1S/C22H18Cl2O4/c1-13-10-16(20(25)26)19(15-7-3-5-9-18(15)24)22(11-13,21(27)28)12-14-6-2-4-8-17(14)23/h2-11,19H,12H2,1H3,(H,25,26)(H,27,28). The maximum absolute atomic E-state index is 12.6. The van der Waals surface area contributed by atoms with E-state index in [4.69, 9.17) is 23.2 Å². The predicted molar refractivity (Wildman–Crippen MR) is 109 cm³/mol. The van der Waals surface area contributed by atoms with Crippen LogP contribution < -0.4 is 0 Å². The summed E-state index contributed by atoms with van der Waals surface area (Å²) in [5, 5.41) is 20.9. The van der Waals surface area contributed by atoms with Gasteiger partial charge in [0.05, 0.1) is 0 Å². The minimum absolute atomic E-state index is 0.0115. The average Bonchev–Trinajstić information content (AvgIpc) is 2.64. The van der Waals surface area contributed by atoms with Crippen molar-refractivity contribution >= 4 is 35.1 Å². The largest absolute Gasteiger partial charge is 0.481 e. The van der Waals surface area contributed by atoms with Gasteiger partial charge in [-0.1, -0.05) is 71.2 Å². The minimum Gasteiger partial charge on any atom is -0.481 e. The second-order valence-electron chi connectivity index (χ2n) is 6.86. The minimum atomic E-state index is -1.55. The van der Waals surface area contributed by atoms with E-state index in [1.165, 1.54) is 6.08 Å². The van der Waals surface area contributed by atoms with Gasteiger partial charge in [-0.2, -0.15) is 0 Å². The summed E-state index contributed by atoms with van der Waals surface area (Å²) >= 11 is 12.7. The quantitative estimate of drug-likeness (QED) is 0.687. The molecule has 6 heteroatoms. The number of allylic oxidation sites excluding steroid dienone is 2. The molecular formula is C22H18Cl2O4. The van der Waals surface area contributed by atoms with E-state index < -0.39 is 23.3 Å². The summed E-state index contributed by atoms with van der Waals surface area (Å²) < 4.78 is 0. The van der Waals surface area contributed by atoms with Crippen molar-refractivity contribution in [1.82, 2.24) is 0 Å². The number of aliphatic carboxylic acids is 2. The molecule has 4 nitrogen and oxygen atoms in total. The number of carboxylic acid groups (broad SMARTS) is 2. The third kappa shape index (κ3) is 3.58. The van der Waals surface area contributed by atoms with Crippen molar-refractivity contribution in [3.63, 3.8) is 0 Å². The molecule has 144 valence electrons. The molecule has 0 spiro atoms. The lowest BCUT2D eigenvalue weighted by Crippen LogP contribution is -2.42. The Morgan fingerprint density at radius 2 is 1.61 bits per heavy atom. The smallest absolute Gasteiger partial charge is 0.332 e. The Balaban J connectivity index is 2.29. The number of carbonyl (C=O) groups is 2. The molecule has 0 amide bonds. The van der Waals surface area contributed by atoms with Crippen LogP contribution in [0.15, 0.2) is 71.8 Å². The molecule has 1 aliphatic carbocycles. The molecule has 0 saturated heterocycles. The van der Waals surface area contributed by atoms with Crippen LogP contribution in [0.4, 0.5) is 0 Å². The highest BCUT2D eigenvalue weighted by Crippen LogP contribution is 2.51. The first-order chi connectivity index (χ1) is 13.3. The van der Waals surface area contributed by atoms with E-state index in [0.717, 1.165) is 0 Å². The van der Waals surface area contributed by atoms with Gasteiger partial charge in [-0.15, -0.1) is 0 Å². The summed E-state index contributed by atoms with van der Waals surface area (Å²) in [7, 11) is 0. The zero-order valence-electron chi connectivity index (χ0n) is 15.0. The maximum atomic E-state index is 12.6. The number of hydrogen-bond acceptors (Lipinski definition) is 2. The van der Waals surface area contributed by atoms with Crippen molar-refractivity contribution < 1.29 is 19.8 Å². The van der Waals surface area contributed by atoms with Gasteiger partial charge in [-0.3, -0.25) is 4.79 Å². The molecule has 3 rings (SSSR count). The SMILES string of the molecule is CC1=CC(Cc2ccccc2Cl)(C(=O)O)C(c2ccccc2Cl)C(C(=O)O)=C1. The molecule has 0 aromatic heterocycles. The third-order valence-corrected chi connectivity index (χ3v) is 5.71. The highest BCUT2D eigenvalue weighted by Gasteiger charge is 2.50. The highest BCUT2D eigenvalue weighted by molar-refractivity contribution is 6.32. The fraction of sp³-hybridized carbons (Fsp3) is 0.182. The van der Waals surface area contributed by atoms with Gasteiger partial charge in [0, 0.05) is 21.5 Å². The monoisotopic (exact) mass is 416 g/mol. The number of rotatable bonds is 5. The normalized spacial score (nSPS) is 21.6. The van der Waals surface area contributed by atoms with Crippen LogP contribution in [0, 0.1) is 5.41 Å². The van der Waals surface area contributed by atoms with Crippen LogP contribution in [-0.2, 0) is 16.0 Å². The first-order valence-electron chi connectivity index (χ1n) is 8.62. The Bertz CT molecular complexity index is 1010. The van der Waals surface area contributed by atoms with E-state index in [2.05, 4.69) is 0 Å². The molecule has 0 fully saturated rings. The summed E-state index contributed by atoms with van der Waals surface area (Å²) in [6.45, 7) is 1.69. The van der Waals surface area contributed by atoms with Gasteiger partial charge in [-0.25, -0.2) is 4.79 Å². The lowest BCUT2D eigenvalue weighted by molar-refractivity contribution is -0.147. The summed E-state index contributed by atoms with van der Waals surface area (Å²) in [6.07, 6.45) is 3.14. The van der Waals surface area contributed by atoms with E-state index in [9.17, 15) is 19.8 Å². The van der Waals surface area contributed by atoms with Crippen LogP contribution in [0.3, 0.4) is 0 Å². The van der Waals surface area contributed by atoms with Crippen molar-refractivity contribution in [2.45, 2.75) is 19.3 Å². The van der Waals surface area contributed by atoms with Crippen LogP contribution in [0.1, 0.15) is 24.0 Å². The van der Waals surface area contributed by atoms with E-state index in [-0.39, 0.29) is 12.0 Å². The lowest BCUT2D eigenvalue weighted by atomic mass is 9.62. The third-order valence-electron chi connectivity index (χ3n) is 5.00. The fourth-order valence-corrected chi connectivity index (χ4v) is 4.30. The second kappa shape index (κ2) is 7.82. The molecule has 0 saturated carbocycles. The summed E-state index contributed by atoms with van der Waals surface area (Å²) in [5.41, 5.74) is 0.0794. The van der Waals surface area contributed by atoms with E-state index in [1.807, 2.05) is 0 Å². The van der Waals surface area contributed by atoms with Crippen molar-refractivity contribution in [2.24, 2.45) is 5.41 Å². The molecule has 2 atom stereocenters. The number of hydrogen-bond donors (Lipinski definition) is 2. The van der Waals surface area contributed by atoms with Gasteiger partial charge in [0.2, 0.25) is 0 Å². The molecule has 1 aliphatic rings. The zero-order valence-corrected chi connectivity index (χ0v) is 16.5. The van der Waals surface area contributed by atoms with Crippen molar-refractivity contribution in [3.8, 4) is 0 Å². The van der Waals surface area contributed by atoms with Crippen LogP contribution in [0.5, 0.6) is 0 Å². The number of halogens is 2. The molecule has 2 aromatic rings. The molecule has 0 bridgehead atoms. The second-order valence-corrected chi connectivity index (χ2v) is 7.68. The van der Waals surface area contributed by atoms with Gasteiger partial charge in [-0.05, 0) is 42.7 Å². The Labute approximate surface area is 172 Å². The first-order valence-corrected chi connectivity index (χ1v) is 9.37. The molecule has 2 N–H and O–H groups in total. The topological polar surface area (TPSA) is 74.6 Å². The molecule has 2 aromatic carbocycles. The average molecular weight is 417 g/mol. The van der Waals surface area contributed by atoms with Crippen molar-refractivity contribution in [3.05, 3.63) is 93.0 Å². The van der Waals surface area contributed by atoms with Crippen LogP contribution in [-0.4, -0.2) is 22.2 Å². The van der Waals surface area contributed by atoms with E-state index >= 15 is 0 Å². The Hall–Kier alpha value is -2.56. The van der Waals surface area contributed by atoms with Crippen LogP contribution in [0.25, 0.3) is 0 Å². The van der Waals surface area contributed by atoms with Gasteiger partial charge in [0.25, 0.3) is 0 Å². The highest BCUT2D eigenvalue weighted by atomic mass is 35.5. The molecule has 28 heavy (non-hydrogen) atoms. The Morgan fingerprint density at radius 1 is 1.00 bits per heavy atom. The first kappa shape index (κ1) is 20.2. The fourth-order valence-electron chi connectivity index (χ4n) is 3.85. The van der Waals surface area contributed by atoms with Gasteiger partial charge < -0.3 is 10.2 Å². The molecule has 2 unspecified atom stereocenters. The number of carboxylic acids is 2. The molecule has 0 heterocycles. The van der Waals surface area contributed by atoms with Crippen molar-refractivity contribution in [1.29, 1.82) is 0 Å². The van der Waals surface area contributed by atoms with Crippen molar-refractivity contribution in [2.75, 3.05) is 0 Å². The Kier molecular flexibility index (Phi) is 5.64. The maximum Gasteiger partial charge on any atom is 0.332 e. The molecular weight excluding hydrogens is 399 g/mol. The number of benzene rings is 2. The predicted octanol–water partition coefficient (Wildman–Crippen LogP) is 5.36. The zero-order chi connectivity index (χ0) is 20.5. The van der Waals surface area contributed by atoms with E-state index in [1.54, 1.807) is 61.5 Å². The van der Waals surface area contributed by atoms with Gasteiger partial charge in [0.1, 0.15) is 5.41 Å².